The van der Waals surface area contributed by atoms with Crippen molar-refractivity contribution in [2.24, 2.45) is 5.92 Å². The lowest BCUT2D eigenvalue weighted by Crippen LogP contribution is -2.47. The molecule has 90 valence electrons. The second-order valence-corrected chi connectivity index (χ2v) is 4.85. The minimum Gasteiger partial charge on any atom is -0.382 e. The highest BCUT2D eigenvalue weighted by Crippen LogP contribution is 2.21. The molecule has 0 aromatic carbocycles. The summed E-state index contributed by atoms with van der Waals surface area (Å²) in [5.41, 5.74) is 6.86. The van der Waals surface area contributed by atoms with Crippen molar-refractivity contribution in [3.05, 3.63) is 6.20 Å². The molecule has 0 aliphatic carbocycles. The zero-order valence-electron chi connectivity index (χ0n) is 10.1. The van der Waals surface area contributed by atoms with E-state index in [1.807, 2.05) is 6.20 Å². The number of aromatic amines is 1. The number of nitrogens with zero attached hydrogens (tertiary/aromatic N) is 3. The van der Waals surface area contributed by atoms with Crippen LogP contribution in [0.4, 0.5) is 11.5 Å². The van der Waals surface area contributed by atoms with Gasteiger partial charge in [0.2, 0.25) is 0 Å². The number of rotatable bonds is 3. The molecule has 0 atom stereocenters. The normalized spacial score (nSPS) is 18.3. The van der Waals surface area contributed by atoms with E-state index >= 15 is 0 Å². The highest BCUT2D eigenvalue weighted by Gasteiger charge is 2.19. The molecule has 5 heteroatoms. The summed E-state index contributed by atoms with van der Waals surface area (Å²) in [7, 11) is 0. The largest absolute Gasteiger partial charge is 0.382 e. The Morgan fingerprint density at radius 2 is 2.06 bits per heavy atom. The van der Waals surface area contributed by atoms with Crippen LogP contribution in [0, 0.1) is 5.92 Å². The lowest BCUT2D eigenvalue weighted by Gasteiger charge is -2.36. The van der Waals surface area contributed by atoms with Gasteiger partial charge in [-0.05, 0) is 5.92 Å². The fourth-order valence-electron chi connectivity index (χ4n) is 2.23. The van der Waals surface area contributed by atoms with Crippen LogP contribution in [0.15, 0.2) is 6.20 Å². The van der Waals surface area contributed by atoms with Gasteiger partial charge in [-0.1, -0.05) is 13.8 Å². The van der Waals surface area contributed by atoms with E-state index in [1.54, 1.807) is 0 Å². The molecule has 0 radical (unpaired) electrons. The zero-order valence-corrected chi connectivity index (χ0v) is 10.1. The molecule has 5 nitrogen and oxygen atoms in total. The van der Waals surface area contributed by atoms with Crippen molar-refractivity contribution in [2.45, 2.75) is 13.8 Å². The summed E-state index contributed by atoms with van der Waals surface area (Å²) < 4.78 is 0. The molecule has 0 bridgehead atoms. The number of aromatic nitrogens is 2. The molecule has 1 fully saturated rings. The third-order valence-electron chi connectivity index (χ3n) is 2.98. The van der Waals surface area contributed by atoms with Gasteiger partial charge in [0.1, 0.15) is 5.82 Å². The minimum absolute atomic E-state index is 0.678. The van der Waals surface area contributed by atoms with Crippen molar-refractivity contribution >= 4 is 11.5 Å². The average molecular weight is 223 g/mol. The summed E-state index contributed by atoms with van der Waals surface area (Å²) in [5.74, 6) is 1.42. The van der Waals surface area contributed by atoms with E-state index in [-0.39, 0.29) is 0 Å². The maximum Gasteiger partial charge on any atom is 0.142 e. The standard InChI is InChI=1S/C11H21N5/c1-9(2)8-15-3-5-16(6-4-15)10-7-13-14-11(10)12/h7,9H,3-6,8H2,1-2H3,(H3,12,13,14). The number of anilines is 2. The summed E-state index contributed by atoms with van der Waals surface area (Å²) in [5, 5.41) is 6.74. The van der Waals surface area contributed by atoms with Gasteiger partial charge in [0.05, 0.1) is 11.9 Å². The molecule has 0 amide bonds. The van der Waals surface area contributed by atoms with Crippen LogP contribution < -0.4 is 10.6 Å². The number of nitrogens with two attached hydrogens (primary N) is 1. The van der Waals surface area contributed by atoms with Gasteiger partial charge in [-0.15, -0.1) is 0 Å². The van der Waals surface area contributed by atoms with Gasteiger partial charge < -0.3 is 10.6 Å². The van der Waals surface area contributed by atoms with Crippen LogP contribution >= 0.6 is 0 Å². The van der Waals surface area contributed by atoms with Gasteiger partial charge in [-0.3, -0.25) is 10.00 Å². The Labute approximate surface area is 96.6 Å². The van der Waals surface area contributed by atoms with E-state index in [0.717, 1.165) is 37.8 Å². The second kappa shape index (κ2) is 4.74. The molecule has 2 heterocycles. The number of piperazine rings is 1. The Morgan fingerprint density at radius 1 is 1.38 bits per heavy atom. The van der Waals surface area contributed by atoms with Crippen LogP contribution in [0.1, 0.15) is 13.8 Å². The maximum atomic E-state index is 5.81. The summed E-state index contributed by atoms with van der Waals surface area (Å²) in [4.78, 5) is 4.81. The number of H-pyrrole nitrogens is 1. The summed E-state index contributed by atoms with van der Waals surface area (Å²) in [6, 6.07) is 0. The Morgan fingerprint density at radius 3 is 2.56 bits per heavy atom. The number of hydrogen-bond donors (Lipinski definition) is 2. The molecular weight excluding hydrogens is 202 g/mol. The van der Waals surface area contributed by atoms with Crippen LogP contribution in [0.5, 0.6) is 0 Å². The zero-order chi connectivity index (χ0) is 11.5. The smallest absolute Gasteiger partial charge is 0.142 e. The van der Waals surface area contributed by atoms with E-state index in [2.05, 4.69) is 33.8 Å². The Kier molecular flexibility index (Phi) is 3.33. The van der Waals surface area contributed by atoms with Crippen molar-refractivity contribution in [3.63, 3.8) is 0 Å². The summed E-state index contributed by atoms with van der Waals surface area (Å²) >= 11 is 0. The van der Waals surface area contributed by atoms with Crippen molar-refractivity contribution < 1.29 is 0 Å². The van der Waals surface area contributed by atoms with Crippen LogP contribution in [0.3, 0.4) is 0 Å². The first-order chi connectivity index (χ1) is 7.66. The first kappa shape index (κ1) is 11.3. The maximum absolute atomic E-state index is 5.81. The molecule has 0 unspecified atom stereocenters. The molecule has 1 aliphatic heterocycles. The molecule has 3 N–H and O–H groups in total. The van der Waals surface area contributed by atoms with E-state index < -0.39 is 0 Å². The molecule has 16 heavy (non-hydrogen) atoms. The van der Waals surface area contributed by atoms with E-state index in [0.29, 0.717) is 5.82 Å². The molecule has 1 aromatic rings. The number of nitrogens with one attached hydrogen (secondary N) is 1. The lowest BCUT2D eigenvalue weighted by atomic mass is 10.2. The molecule has 2 rings (SSSR count). The Bertz CT molecular complexity index is 325. The Hall–Kier alpha value is -1.23. The number of nitrogen functional groups attached to an aromatic ring is 1. The molecule has 1 saturated heterocycles. The highest BCUT2D eigenvalue weighted by molar-refractivity contribution is 5.62. The average Bonchev–Trinajstić information content (AvgIpc) is 2.65. The van der Waals surface area contributed by atoms with Gasteiger partial charge >= 0.3 is 0 Å². The van der Waals surface area contributed by atoms with Crippen molar-refractivity contribution in [1.82, 2.24) is 15.1 Å². The fraction of sp³-hybridized carbons (Fsp3) is 0.727. The second-order valence-electron chi connectivity index (χ2n) is 4.85. The van der Waals surface area contributed by atoms with E-state index in [1.165, 1.54) is 6.54 Å². The SMILES string of the molecule is CC(C)CN1CCN(c2cn[nH]c2N)CC1. The quantitative estimate of drug-likeness (QED) is 0.794. The summed E-state index contributed by atoms with van der Waals surface area (Å²) in [6.45, 7) is 10.0. The predicted molar refractivity (Wildman–Crippen MR) is 66.5 cm³/mol. The first-order valence-corrected chi connectivity index (χ1v) is 5.93. The Balaban J connectivity index is 1.88. The van der Waals surface area contributed by atoms with E-state index in [4.69, 9.17) is 5.73 Å². The van der Waals surface area contributed by atoms with Crippen molar-refractivity contribution in [1.29, 1.82) is 0 Å². The molecule has 0 saturated carbocycles. The predicted octanol–water partition coefficient (Wildman–Crippen LogP) is 0.770. The minimum atomic E-state index is 0.678. The third-order valence-corrected chi connectivity index (χ3v) is 2.98. The lowest BCUT2D eigenvalue weighted by molar-refractivity contribution is 0.231. The van der Waals surface area contributed by atoms with Crippen LogP contribution in [0.25, 0.3) is 0 Å². The van der Waals surface area contributed by atoms with E-state index in [9.17, 15) is 0 Å². The molecular formula is C11H21N5. The molecule has 0 spiro atoms. The topological polar surface area (TPSA) is 61.2 Å². The van der Waals surface area contributed by atoms with Gasteiger partial charge in [0.25, 0.3) is 0 Å². The number of hydrogen-bond acceptors (Lipinski definition) is 4. The third kappa shape index (κ3) is 2.47. The van der Waals surface area contributed by atoms with Gasteiger partial charge in [-0.25, -0.2) is 0 Å². The summed E-state index contributed by atoms with van der Waals surface area (Å²) in [6.07, 6.45) is 1.81. The monoisotopic (exact) mass is 223 g/mol. The van der Waals surface area contributed by atoms with Crippen LogP contribution in [-0.2, 0) is 0 Å². The fourth-order valence-corrected chi connectivity index (χ4v) is 2.23. The highest BCUT2D eigenvalue weighted by atomic mass is 15.3. The molecule has 1 aliphatic rings. The van der Waals surface area contributed by atoms with Gasteiger partial charge in [-0.2, -0.15) is 5.10 Å². The van der Waals surface area contributed by atoms with Gasteiger partial charge in [0.15, 0.2) is 0 Å². The van der Waals surface area contributed by atoms with Crippen LogP contribution in [0.2, 0.25) is 0 Å². The van der Waals surface area contributed by atoms with Gasteiger partial charge in [0, 0.05) is 32.7 Å². The van der Waals surface area contributed by atoms with Crippen molar-refractivity contribution in [2.75, 3.05) is 43.4 Å². The molecule has 1 aromatic heterocycles. The van der Waals surface area contributed by atoms with Crippen molar-refractivity contribution in [3.8, 4) is 0 Å². The van der Waals surface area contributed by atoms with Crippen LogP contribution in [-0.4, -0.2) is 47.8 Å². The first-order valence-electron chi connectivity index (χ1n) is 5.93.